The first-order chi connectivity index (χ1) is 10.6. The van der Waals surface area contributed by atoms with E-state index in [0.717, 1.165) is 63.0 Å². The molecule has 0 unspecified atom stereocenters. The van der Waals surface area contributed by atoms with Crippen molar-refractivity contribution < 1.29 is 14.4 Å². The summed E-state index contributed by atoms with van der Waals surface area (Å²) in [4.78, 5) is 14.3. The van der Waals surface area contributed by atoms with Crippen molar-refractivity contribution in [1.82, 2.24) is 4.90 Å². The number of quaternary nitrogens is 1. The van der Waals surface area contributed by atoms with Gasteiger partial charge in [-0.05, 0) is 33.6 Å². The predicted octanol–water partition coefficient (Wildman–Crippen LogP) is 2.82. The van der Waals surface area contributed by atoms with Crippen molar-refractivity contribution in [2.75, 3.05) is 45.9 Å². The third-order valence-electron chi connectivity index (χ3n) is 4.64. The Morgan fingerprint density at radius 1 is 1.05 bits per heavy atom. The van der Waals surface area contributed by atoms with Crippen LogP contribution in [0.3, 0.4) is 0 Å². The molecule has 22 heavy (non-hydrogen) atoms. The van der Waals surface area contributed by atoms with Crippen molar-refractivity contribution >= 4 is 5.91 Å². The number of carbonyl (C=O) groups excluding carboxylic acids is 1. The summed E-state index contributed by atoms with van der Waals surface area (Å²) in [7, 11) is 0. The van der Waals surface area contributed by atoms with Crippen LogP contribution in [0.15, 0.2) is 12.2 Å². The number of amides is 1. The number of rotatable bonds is 13. The standard InChI is InChI=1S/C18H37N2O2/c1-5-9-10-11-12-13-18(22)19(6-2)14-15-20(7-3,8-4)16-17-21/h10-11,21H,5-9,12-17H2,1-4H3/q+1/b11-10+. The van der Waals surface area contributed by atoms with Crippen LogP contribution in [0.5, 0.6) is 0 Å². The van der Waals surface area contributed by atoms with E-state index < -0.39 is 0 Å². The molecule has 4 heteroatoms. The van der Waals surface area contributed by atoms with Gasteiger partial charge in [0.15, 0.2) is 0 Å². The van der Waals surface area contributed by atoms with Crippen LogP contribution >= 0.6 is 0 Å². The second-order valence-electron chi connectivity index (χ2n) is 5.92. The van der Waals surface area contributed by atoms with Gasteiger partial charge in [0, 0.05) is 13.0 Å². The molecule has 1 N–H and O–H groups in total. The van der Waals surface area contributed by atoms with E-state index in [9.17, 15) is 9.90 Å². The van der Waals surface area contributed by atoms with E-state index in [0.29, 0.717) is 6.42 Å². The van der Waals surface area contributed by atoms with Crippen molar-refractivity contribution in [1.29, 1.82) is 0 Å². The van der Waals surface area contributed by atoms with Crippen molar-refractivity contribution in [2.24, 2.45) is 0 Å². The van der Waals surface area contributed by atoms with E-state index in [1.165, 1.54) is 0 Å². The summed E-state index contributed by atoms with van der Waals surface area (Å²) in [6, 6.07) is 0. The first-order valence-corrected chi connectivity index (χ1v) is 8.97. The fraction of sp³-hybridized carbons (Fsp3) is 0.833. The molecular formula is C18H37N2O2+. The number of nitrogens with zero attached hydrogens (tertiary/aromatic N) is 2. The van der Waals surface area contributed by atoms with Gasteiger partial charge in [0.05, 0.1) is 32.8 Å². The number of hydrogen-bond acceptors (Lipinski definition) is 2. The van der Waals surface area contributed by atoms with Gasteiger partial charge in [0.25, 0.3) is 0 Å². The molecule has 0 spiro atoms. The third kappa shape index (κ3) is 7.95. The molecule has 1 amide bonds. The molecule has 0 atom stereocenters. The molecule has 0 aromatic rings. The Bertz CT molecular complexity index is 312. The molecule has 0 saturated heterocycles. The van der Waals surface area contributed by atoms with Gasteiger partial charge in [-0.1, -0.05) is 25.5 Å². The topological polar surface area (TPSA) is 40.5 Å². The van der Waals surface area contributed by atoms with E-state index in [-0.39, 0.29) is 12.5 Å². The zero-order chi connectivity index (χ0) is 16.8. The van der Waals surface area contributed by atoms with E-state index in [4.69, 9.17) is 0 Å². The summed E-state index contributed by atoms with van der Waals surface area (Å²) in [6.07, 6.45) is 7.99. The van der Waals surface area contributed by atoms with Gasteiger partial charge >= 0.3 is 0 Å². The van der Waals surface area contributed by atoms with Gasteiger partial charge < -0.3 is 14.5 Å². The van der Waals surface area contributed by atoms with Crippen LogP contribution in [0.2, 0.25) is 0 Å². The SMILES string of the molecule is CCC/C=C/CCC(=O)N(CC)CC[N+](CC)(CC)CCO. The molecule has 0 bridgehead atoms. The van der Waals surface area contributed by atoms with Crippen molar-refractivity contribution in [3.63, 3.8) is 0 Å². The second-order valence-corrected chi connectivity index (χ2v) is 5.92. The maximum atomic E-state index is 12.3. The molecule has 0 aliphatic heterocycles. The summed E-state index contributed by atoms with van der Waals surface area (Å²) < 4.78 is 0.886. The minimum Gasteiger partial charge on any atom is -0.391 e. The molecule has 0 aliphatic carbocycles. The van der Waals surface area contributed by atoms with Crippen LogP contribution in [0.25, 0.3) is 0 Å². The first kappa shape index (κ1) is 21.1. The summed E-state index contributed by atoms with van der Waals surface area (Å²) in [5, 5.41) is 9.28. The molecule has 0 aromatic heterocycles. The summed E-state index contributed by atoms with van der Waals surface area (Å²) in [5.41, 5.74) is 0. The monoisotopic (exact) mass is 313 g/mol. The lowest BCUT2D eigenvalue weighted by molar-refractivity contribution is -0.924. The highest BCUT2D eigenvalue weighted by molar-refractivity contribution is 5.76. The van der Waals surface area contributed by atoms with Gasteiger partial charge in [-0.25, -0.2) is 0 Å². The largest absolute Gasteiger partial charge is 0.391 e. The van der Waals surface area contributed by atoms with Crippen molar-refractivity contribution in [3.8, 4) is 0 Å². The zero-order valence-corrected chi connectivity index (χ0v) is 15.2. The van der Waals surface area contributed by atoms with Crippen LogP contribution in [0.1, 0.15) is 53.4 Å². The second kappa shape index (κ2) is 12.7. The van der Waals surface area contributed by atoms with Gasteiger partial charge in [-0.3, -0.25) is 4.79 Å². The van der Waals surface area contributed by atoms with Crippen molar-refractivity contribution in [3.05, 3.63) is 12.2 Å². The molecule has 0 rings (SSSR count). The number of unbranched alkanes of at least 4 members (excludes halogenated alkanes) is 1. The van der Waals surface area contributed by atoms with Crippen LogP contribution < -0.4 is 0 Å². The maximum absolute atomic E-state index is 12.3. The number of likely N-dealkylation sites (N-methyl/N-ethyl adjacent to an activating group) is 2. The van der Waals surface area contributed by atoms with Gasteiger partial charge in [-0.2, -0.15) is 0 Å². The highest BCUT2D eigenvalue weighted by Crippen LogP contribution is 2.08. The van der Waals surface area contributed by atoms with Gasteiger partial charge in [0.1, 0.15) is 6.54 Å². The number of carbonyl (C=O) groups is 1. The molecule has 4 nitrogen and oxygen atoms in total. The fourth-order valence-corrected chi connectivity index (χ4v) is 2.74. The maximum Gasteiger partial charge on any atom is 0.223 e. The van der Waals surface area contributed by atoms with Crippen LogP contribution in [0.4, 0.5) is 0 Å². The Morgan fingerprint density at radius 3 is 2.18 bits per heavy atom. The van der Waals surface area contributed by atoms with Crippen LogP contribution in [-0.4, -0.2) is 66.3 Å². The van der Waals surface area contributed by atoms with Gasteiger partial charge in [0.2, 0.25) is 5.91 Å². The summed E-state index contributed by atoms with van der Waals surface area (Å²) in [6.45, 7) is 14.0. The molecule has 130 valence electrons. The van der Waals surface area contributed by atoms with Gasteiger partial charge in [-0.15, -0.1) is 0 Å². The Balaban J connectivity index is 4.36. The molecule has 0 aliphatic rings. The minimum atomic E-state index is 0.212. The summed E-state index contributed by atoms with van der Waals surface area (Å²) >= 11 is 0. The number of hydrogen-bond donors (Lipinski definition) is 1. The molecule has 0 saturated carbocycles. The van der Waals surface area contributed by atoms with Crippen molar-refractivity contribution in [2.45, 2.75) is 53.4 Å². The highest BCUT2D eigenvalue weighted by atomic mass is 16.3. The summed E-state index contributed by atoms with van der Waals surface area (Å²) in [5.74, 6) is 0.248. The normalized spacial score (nSPS) is 12.0. The average Bonchev–Trinajstić information content (AvgIpc) is 2.54. The first-order valence-electron chi connectivity index (χ1n) is 8.97. The fourth-order valence-electron chi connectivity index (χ4n) is 2.74. The van der Waals surface area contributed by atoms with E-state index in [2.05, 4.69) is 32.9 Å². The average molecular weight is 314 g/mol. The molecular weight excluding hydrogens is 276 g/mol. The molecule has 0 radical (unpaired) electrons. The highest BCUT2D eigenvalue weighted by Gasteiger charge is 2.24. The lowest BCUT2D eigenvalue weighted by atomic mass is 10.2. The number of aliphatic hydroxyl groups excluding tert-OH is 1. The number of aliphatic hydroxyl groups is 1. The van der Waals surface area contributed by atoms with E-state index in [1.807, 2.05) is 11.8 Å². The third-order valence-corrected chi connectivity index (χ3v) is 4.64. The molecule has 0 heterocycles. The molecule has 0 aromatic carbocycles. The van der Waals surface area contributed by atoms with Crippen LogP contribution in [-0.2, 0) is 4.79 Å². The lowest BCUT2D eigenvalue weighted by Gasteiger charge is -2.38. The van der Waals surface area contributed by atoms with E-state index >= 15 is 0 Å². The molecule has 0 fully saturated rings. The smallest absolute Gasteiger partial charge is 0.223 e. The Morgan fingerprint density at radius 2 is 1.68 bits per heavy atom. The Kier molecular flexibility index (Phi) is 12.2. The Hall–Kier alpha value is -0.870. The minimum absolute atomic E-state index is 0.212. The van der Waals surface area contributed by atoms with Crippen LogP contribution in [0, 0.1) is 0 Å². The Labute approximate surface area is 137 Å². The van der Waals surface area contributed by atoms with E-state index in [1.54, 1.807) is 0 Å². The lowest BCUT2D eigenvalue weighted by Crippen LogP contribution is -2.53. The zero-order valence-electron chi connectivity index (χ0n) is 15.2. The number of allylic oxidation sites excluding steroid dienone is 2. The quantitative estimate of drug-likeness (QED) is 0.419. The predicted molar refractivity (Wildman–Crippen MR) is 93.7 cm³/mol.